The fourth-order valence-corrected chi connectivity index (χ4v) is 1.78. The molecule has 1 aromatic rings. The van der Waals surface area contributed by atoms with Gasteiger partial charge in [-0.2, -0.15) is 0 Å². The quantitative estimate of drug-likeness (QED) is 0.810. The summed E-state index contributed by atoms with van der Waals surface area (Å²) in [7, 11) is 1.56. The zero-order valence-electron chi connectivity index (χ0n) is 13.3. The lowest BCUT2D eigenvalue weighted by Crippen LogP contribution is -2.38. The third-order valence-corrected chi connectivity index (χ3v) is 3.03. The van der Waals surface area contributed by atoms with Crippen LogP contribution in [0.3, 0.4) is 0 Å². The zero-order chi connectivity index (χ0) is 16.0. The Morgan fingerprint density at radius 3 is 2.48 bits per heavy atom. The van der Waals surface area contributed by atoms with Crippen molar-refractivity contribution in [1.29, 1.82) is 0 Å². The van der Waals surface area contributed by atoms with Gasteiger partial charge in [-0.1, -0.05) is 13.8 Å². The van der Waals surface area contributed by atoms with Crippen molar-refractivity contribution in [1.82, 2.24) is 5.32 Å². The van der Waals surface area contributed by atoms with Crippen LogP contribution in [0.1, 0.15) is 39.4 Å². The minimum Gasteiger partial charge on any atom is -0.497 e. The summed E-state index contributed by atoms with van der Waals surface area (Å²) in [6.07, 6.45) is -1.33. The molecule has 0 bridgehead atoms. The van der Waals surface area contributed by atoms with Crippen LogP contribution in [-0.2, 0) is 4.79 Å². The maximum absolute atomic E-state index is 12.0. The molecule has 118 valence electrons. The molecule has 0 aromatic heterocycles. The summed E-state index contributed by atoms with van der Waals surface area (Å²) in [5.74, 6) is 1.27. The number of nitrogens with one attached hydrogen (secondary N) is 1. The first-order valence-corrected chi connectivity index (χ1v) is 7.15. The summed E-state index contributed by atoms with van der Waals surface area (Å²) in [4.78, 5) is 12.0. The molecule has 21 heavy (non-hydrogen) atoms. The van der Waals surface area contributed by atoms with E-state index in [0.717, 1.165) is 0 Å². The number of amides is 1. The predicted molar refractivity (Wildman–Crippen MR) is 81.6 cm³/mol. The van der Waals surface area contributed by atoms with Crippen molar-refractivity contribution in [3.63, 3.8) is 0 Å². The van der Waals surface area contributed by atoms with Crippen molar-refractivity contribution in [2.24, 2.45) is 5.92 Å². The van der Waals surface area contributed by atoms with Crippen molar-refractivity contribution in [3.8, 4) is 11.5 Å². The van der Waals surface area contributed by atoms with Crippen molar-refractivity contribution in [2.75, 3.05) is 13.7 Å². The normalized spacial score (nSPS) is 13.7. The van der Waals surface area contributed by atoms with Crippen LogP contribution in [0.25, 0.3) is 0 Å². The number of benzene rings is 1. The second-order valence-corrected chi connectivity index (χ2v) is 5.48. The van der Waals surface area contributed by atoms with Crippen LogP contribution in [0, 0.1) is 5.92 Å². The summed E-state index contributed by atoms with van der Waals surface area (Å²) >= 11 is 0. The van der Waals surface area contributed by atoms with Gasteiger partial charge < -0.3 is 19.9 Å². The lowest BCUT2D eigenvalue weighted by molar-refractivity contribution is -0.127. The number of carbonyl (C=O) groups is 1. The molecule has 5 nitrogen and oxygen atoms in total. The van der Waals surface area contributed by atoms with Crippen molar-refractivity contribution in [2.45, 2.75) is 39.9 Å². The maximum atomic E-state index is 12.0. The Labute approximate surface area is 126 Å². The number of methoxy groups -OCH3 is 1. The van der Waals surface area contributed by atoms with Gasteiger partial charge >= 0.3 is 0 Å². The standard InChI is InChI=1S/C16H25NO4/c1-10(2)9-17-16(19)12(4)21-15-8-13(20-5)6-7-14(15)11(3)18/h6-8,10-12,18H,9H2,1-5H3,(H,17,19)/t11-,12?/m0/s1. The van der Waals surface area contributed by atoms with Crippen LogP contribution in [0.5, 0.6) is 11.5 Å². The summed E-state index contributed by atoms with van der Waals surface area (Å²) in [6.45, 7) is 7.99. The first-order valence-electron chi connectivity index (χ1n) is 7.15. The van der Waals surface area contributed by atoms with E-state index in [4.69, 9.17) is 9.47 Å². The highest BCUT2D eigenvalue weighted by atomic mass is 16.5. The lowest BCUT2D eigenvalue weighted by Gasteiger charge is -2.19. The summed E-state index contributed by atoms with van der Waals surface area (Å²) in [5, 5.41) is 12.6. The van der Waals surface area contributed by atoms with Gasteiger partial charge in [-0.3, -0.25) is 4.79 Å². The van der Waals surface area contributed by atoms with E-state index in [1.807, 2.05) is 13.8 Å². The average molecular weight is 295 g/mol. The molecule has 0 radical (unpaired) electrons. The molecule has 5 heteroatoms. The topological polar surface area (TPSA) is 67.8 Å². The molecule has 0 aliphatic heterocycles. The van der Waals surface area contributed by atoms with E-state index in [0.29, 0.717) is 29.5 Å². The second-order valence-electron chi connectivity index (χ2n) is 5.48. The van der Waals surface area contributed by atoms with Gasteiger partial charge in [0, 0.05) is 18.2 Å². The van der Waals surface area contributed by atoms with Gasteiger partial charge in [0.05, 0.1) is 13.2 Å². The molecule has 0 saturated carbocycles. The molecule has 0 fully saturated rings. The SMILES string of the molecule is COc1ccc([C@H](C)O)c(OC(C)C(=O)NCC(C)C)c1. The first kappa shape index (κ1) is 17.3. The van der Waals surface area contributed by atoms with E-state index < -0.39 is 12.2 Å². The van der Waals surface area contributed by atoms with Crippen molar-refractivity contribution >= 4 is 5.91 Å². The number of hydrogen-bond donors (Lipinski definition) is 2. The number of carbonyl (C=O) groups excluding carboxylic acids is 1. The lowest BCUT2D eigenvalue weighted by atomic mass is 10.1. The van der Waals surface area contributed by atoms with Gasteiger partial charge in [0.1, 0.15) is 11.5 Å². The number of aliphatic hydroxyl groups is 1. The van der Waals surface area contributed by atoms with Crippen molar-refractivity contribution < 1.29 is 19.4 Å². The Kier molecular flexibility index (Phi) is 6.49. The molecule has 0 spiro atoms. The number of rotatable bonds is 7. The van der Waals surface area contributed by atoms with E-state index in [1.165, 1.54) is 0 Å². The second kappa shape index (κ2) is 7.88. The minimum absolute atomic E-state index is 0.178. The molecular weight excluding hydrogens is 270 g/mol. The first-order chi connectivity index (χ1) is 9.85. The zero-order valence-corrected chi connectivity index (χ0v) is 13.3. The Hall–Kier alpha value is -1.75. The van der Waals surface area contributed by atoms with Crippen LogP contribution in [0.15, 0.2) is 18.2 Å². The number of hydrogen-bond acceptors (Lipinski definition) is 4. The molecule has 0 aliphatic carbocycles. The highest BCUT2D eigenvalue weighted by Gasteiger charge is 2.18. The highest BCUT2D eigenvalue weighted by molar-refractivity contribution is 5.80. The number of ether oxygens (including phenoxy) is 2. The predicted octanol–water partition coefficient (Wildman–Crippen LogP) is 2.29. The fraction of sp³-hybridized carbons (Fsp3) is 0.562. The summed E-state index contributed by atoms with van der Waals surface area (Å²) in [6, 6.07) is 5.16. The van der Waals surface area contributed by atoms with Gasteiger partial charge in [0.25, 0.3) is 5.91 Å². The van der Waals surface area contributed by atoms with Crippen LogP contribution in [0.2, 0.25) is 0 Å². The van der Waals surface area contributed by atoms with Gasteiger partial charge in [-0.05, 0) is 31.9 Å². The Morgan fingerprint density at radius 1 is 1.29 bits per heavy atom. The van der Waals surface area contributed by atoms with Gasteiger partial charge in [0.2, 0.25) is 0 Å². The molecule has 0 aliphatic rings. The molecule has 2 atom stereocenters. The Balaban J connectivity index is 2.82. The Bertz CT molecular complexity index is 471. The number of aliphatic hydroxyl groups excluding tert-OH is 1. The molecule has 0 heterocycles. The average Bonchev–Trinajstić information content (AvgIpc) is 2.43. The fourth-order valence-electron chi connectivity index (χ4n) is 1.78. The largest absolute Gasteiger partial charge is 0.497 e. The Morgan fingerprint density at radius 2 is 1.95 bits per heavy atom. The third-order valence-electron chi connectivity index (χ3n) is 3.03. The van der Waals surface area contributed by atoms with E-state index in [2.05, 4.69) is 5.32 Å². The van der Waals surface area contributed by atoms with Crippen LogP contribution < -0.4 is 14.8 Å². The molecular formula is C16H25NO4. The molecule has 1 aromatic carbocycles. The monoisotopic (exact) mass is 295 g/mol. The van der Waals surface area contributed by atoms with Crippen LogP contribution >= 0.6 is 0 Å². The molecule has 2 N–H and O–H groups in total. The van der Waals surface area contributed by atoms with E-state index in [1.54, 1.807) is 39.2 Å². The smallest absolute Gasteiger partial charge is 0.260 e. The van der Waals surface area contributed by atoms with Crippen LogP contribution in [0.4, 0.5) is 0 Å². The summed E-state index contributed by atoms with van der Waals surface area (Å²) < 4.78 is 10.8. The van der Waals surface area contributed by atoms with Crippen LogP contribution in [-0.4, -0.2) is 30.8 Å². The van der Waals surface area contributed by atoms with E-state index >= 15 is 0 Å². The van der Waals surface area contributed by atoms with E-state index in [9.17, 15) is 9.90 Å². The molecule has 1 rings (SSSR count). The molecule has 0 saturated heterocycles. The third kappa shape index (κ3) is 5.27. The summed E-state index contributed by atoms with van der Waals surface area (Å²) in [5.41, 5.74) is 0.624. The maximum Gasteiger partial charge on any atom is 0.260 e. The van der Waals surface area contributed by atoms with Gasteiger partial charge in [-0.25, -0.2) is 0 Å². The minimum atomic E-state index is -0.683. The highest BCUT2D eigenvalue weighted by Crippen LogP contribution is 2.30. The molecule has 1 unspecified atom stereocenters. The van der Waals surface area contributed by atoms with E-state index in [-0.39, 0.29) is 5.91 Å². The van der Waals surface area contributed by atoms with Crippen molar-refractivity contribution in [3.05, 3.63) is 23.8 Å². The van der Waals surface area contributed by atoms with Gasteiger partial charge in [0.15, 0.2) is 6.10 Å². The molecule has 1 amide bonds. The van der Waals surface area contributed by atoms with Gasteiger partial charge in [-0.15, -0.1) is 0 Å².